The molecule has 1 atom stereocenters. The Morgan fingerprint density at radius 1 is 1.50 bits per heavy atom. The molecule has 0 bridgehead atoms. The lowest BCUT2D eigenvalue weighted by atomic mass is 10.1. The standard InChI is InChI=1S/C10H17N5O/c16-10(6-15-8-12-7-13-15)14-9-2-1-4-11-5-3-9/h7-9,11H,1-6H2,(H,14,16). The molecule has 2 N–H and O–H groups in total. The summed E-state index contributed by atoms with van der Waals surface area (Å²) in [6.07, 6.45) is 6.16. The van der Waals surface area contributed by atoms with Crippen molar-refractivity contribution in [3.05, 3.63) is 12.7 Å². The van der Waals surface area contributed by atoms with Gasteiger partial charge in [-0.1, -0.05) is 0 Å². The topological polar surface area (TPSA) is 71.8 Å². The van der Waals surface area contributed by atoms with Crippen LogP contribution in [0.1, 0.15) is 19.3 Å². The monoisotopic (exact) mass is 223 g/mol. The van der Waals surface area contributed by atoms with E-state index in [0.717, 1.165) is 32.4 Å². The summed E-state index contributed by atoms with van der Waals surface area (Å²) in [5.41, 5.74) is 0. The van der Waals surface area contributed by atoms with Crippen molar-refractivity contribution in [2.45, 2.75) is 31.8 Å². The summed E-state index contributed by atoms with van der Waals surface area (Å²) in [5, 5.41) is 10.2. The van der Waals surface area contributed by atoms with Crippen LogP contribution in [-0.2, 0) is 11.3 Å². The van der Waals surface area contributed by atoms with Crippen LogP contribution in [0, 0.1) is 0 Å². The predicted molar refractivity (Wildman–Crippen MR) is 58.7 cm³/mol. The van der Waals surface area contributed by atoms with E-state index < -0.39 is 0 Å². The van der Waals surface area contributed by atoms with Gasteiger partial charge in [0, 0.05) is 6.04 Å². The third-order valence-corrected chi connectivity index (χ3v) is 2.71. The number of nitrogens with one attached hydrogen (secondary N) is 2. The van der Waals surface area contributed by atoms with Gasteiger partial charge in [0.25, 0.3) is 0 Å². The average Bonchev–Trinajstić information content (AvgIpc) is 2.62. The van der Waals surface area contributed by atoms with Crippen LogP contribution >= 0.6 is 0 Å². The third kappa shape index (κ3) is 3.30. The van der Waals surface area contributed by atoms with Gasteiger partial charge in [-0.2, -0.15) is 5.10 Å². The Bertz CT molecular complexity index is 316. The highest BCUT2D eigenvalue weighted by Gasteiger charge is 2.14. The first-order valence-corrected chi connectivity index (χ1v) is 5.67. The second-order valence-corrected chi connectivity index (χ2v) is 4.04. The third-order valence-electron chi connectivity index (χ3n) is 2.71. The Morgan fingerprint density at radius 2 is 2.44 bits per heavy atom. The van der Waals surface area contributed by atoms with E-state index in [0.29, 0.717) is 6.04 Å². The predicted octanol–water partition coefficient (Wildman–Crippen LogP) is -0.464. The molecule has 6 nitrogen and oxygen atoms in total. The smallest absolute Gasteiger partial charge is 0.242 e. The van der Waals surface area contributed by atoms with Crippen molar-refractivity contribution < 1.29 is 4.79 Å². The number of carbonyl (C=O) groups is 1. The Morgan fingerprint density at radius 3 is 3.25 bits per heavy atom. The molecule has 1 fully saturated rings. The number of rotatable bonds is 3. The Hall–Kier alpha value is -1.43. The van der Waals surface area contributed by atoms with Crippen LogP contribution in [0.15, 0.2) is 12.7 Å². The van der Waals surface area contributed by atoms with Crippen molar-refractivity contribution in [2.75, 3.05) is 13.1 Å². The highest BCUT2D eigenvalue weighted by molar-refractivity contribution is 5.75. The molecule has 0 aromatic carbocycles. The van der Waals surface area contributed by atoms with Gasteiger partial charge < -0.3 is 10.6 Å². The van der Waals surface area contributed by atoms with Crippen LogP contribution in [0.2, 0.25) is 0 Å². The van der Waals surface area contributed by atoms with E-state index in [-0.39, 0.29) is 12.5 Å². The summed E-state index contributed by atoms with van der Waals surface area (Å²) < 4.78 is 1.53. The maximum Gasteiger partial charge on any atom is 0.242 e. The zero-order chi connectivity index (χ0) is 11.2. The summed E-state index contributed by atoms with van der Waals surface area (Å²) in [6, 6.07) is 0.297. The normalized spacial score (nSPS) is 21.4. The molecule has 1 aliphatic heterocycles. The van der Waals surface area contributed by atoms with Crippen molar-refractivity contribution in [3.8, 4) is 0 Å². The number of hydrogen-bond donors (Lipinski definition) is 2. The second kappa shape index (κ2) is 5.60. The first kappa shape index (κ1) is 11.1. The summed E-state index contributed by atoms with van der Waals surface area (Å²) in [4.78, 5) is 15.5. The first-order chi connectivity index (χ1) is 7.84. The van der Waals surface area contributed by atoms with E-state index in [9.17, 15) is 4.79 Å². The maximum atomic E-state index is 11.7. The summed E-state index contributed by atoms with van der Waals surface area (Å²) in [5.74, 6) is 0.0115. The summed E-state index contributed by atoms with van der Waals surface area (Å²) in [7, 11) is 0. The lowest BCUT2D eigenvalue weighted by Crippen LogP contribution is -2.37. The zero-order valence-corrected chi connectivity index (χ0v) is 9.22. The lowest BCUT2D eigenvalue weighted by molar-refractivity contribution is -0.122. The molecule has 2 heterocycles. The molecule has 1 aromatic rings. The summed E-state index contributed by atoms with van der Waals surface area (Å²) >= 11 is 0. The van der Waals surface area contributed by atoms with Crippen molar-refractivity contribution >= 4 is 5.91 Å². The molecule has 0 spiro atoms. The number of amides is 1. The Balaban J connectivity index is 1.77. The fraction of sp³-hybridized carbons (Fsp3) is 0.700. The van der Waals surface area contributed by atoms with Crippen molar-refractivity contribution in [1.29, 1.82) is 0 Å². The van der Waals surface area contributed by atoms with E-state index >= 15 is 0 Å². The van der Waals surface area contributed by atoms with E-state index in [4.69, 9.17) is 0 Å². The van der Waals surface area contributed by atoms with Gasteiger partial charge in [0.05, 0.1) is 0 Å². The molecule has 1 aliphatic rings. The van der Waals surface area contributed by atoms with Crippen molar-refractivity contribution in [1.82, 2.24) is 25.4 Å². The fourth-order valence-electron chi connectivity index (χ4n) is 1.90. The van der Waals surface area contributed by atoms with Crippen LogP contribution in [0.5, 0.6) is 0 Å². The number of nitrogens with zero attached hydrogens (tertiary/aromatic N) is 3. The zero-order valence-electron chi connectivity index (χ0n) is 9.22. The SMILES string of the molecule is O=C(Cn1cncn1)NC1CCCNCC1. The molecule has 0 radical (unpaired) electrons. The van der Waals surface area contributed by atoms with Gasteiger partial charge in [0.1, 0.15) is 19.2 Å². The highest BCUT2D eigenvalue weighted by atomic mass is 16.2. The molecule has 2 rings (SSSR count). The van der Waals surface area contributed by atoms with Crippen LogP contribution in [0.3, 0.4) is 0 Å². The van der Waals surface area contributed by atoms with Gasteiger partial charge in [0.15, 0.2) is 0 Å². The van der Waals surface area contributed by atoms with E-state index in [1.54, 1.807) is 6.33 Å². The largest absolute Gasteiger partial charge is 0.352 e. The Kier molecular flexibility index (Phi) is 3.87. The Labute approximate surface area is 94.4 Å². The minimum Gasteiger partial charge on any atom is -0.352 e. The van der Waals surface area contributed by atoms with Gasteiger partial charge in [-0.3, -0.25) is 4.79 Å². The second-order valence-electron chi connectivity index (χ2n) is 4.04. The molecule has 1 aromatic heterocycles. The minimum atomic E-state index is 0.0115. The minimum absolute atomic E-state index is 0.0115. The molecule has 88 valence electrons. The number of carbonyl (C=O) groups excluding carboxylic acids is 1. The van der Waals surface area contributed by atoms with Crippen molar-refractivity contribution in [2.24, 2.45) is 0 Å². The highest BCUT2D eigenvalue weighted by Crippen LogP contribution is 2.04. The van der Waals surface area contributed by atoms with E-state index in [2.05, 4.69) is 20.7 Å². The van der Waals surface area contributed by atoms with E-state index in [1.165, 1.54) is 11.0 Å². The van der Waals surface area contributed by atoms with E-state index in [1.807, 2.05) is 0 Å². The van der Waals surface area contributed by atoms with Gasteiger partial charge in [-0.05, 0) is 32.4 Å². The average molecular weight is 223 g/mol. The van der Waals surface area contributed by atoms with Crippen LogP contribution in [0.4, 0.5) is 0 Å². The molecule has 1 unspecified atom stereocenters. The van der Waals surface area contributed by atoms with Crippen LogP contribution < -0.4 is 10.6 Å². The molecular weight excluding hydrogens is 206 g/mol. The molecule has 0 saturated carbocycles. The van der Waals surface area contributed by atoms with Gasteiger partial charge in [0.2, 0.25) is 5.91 Å². The van der Waals surface area contributed by atoms with Gasteiger partial charge in [-0.15, -0.1) is 0 Å². The fourth-order valence-corrected chi connectivity index (χ4v) is 1.90. The van der Waals surface area contributed by atoms with Crippen molar-refractivity contribution in [3.63, 3.8) is 0 Å². The van der Waals surface area contributed by atoms with Gasteiger partial charge >= 0.3 is 0 Å². The van der Waals surface area contributed by atoms with Crippen LogP contribution in [-0.4, -0.2) is 39.8 Å². The molecule has 1 amide bonds. The lowest BCUT2D eigenvalue weighted by Gasteiger charge is -2.15. The first-order valence-electron chi connectivity index (χ1n) is 5.67. The number of aromatic nitrogens is 3. The molecule has 6 heteroatoms. The molecule has 0 aliphatic carbocycles. The summed E-state index contributed by atoms with van der Waals surface area (Å²) in [6.45, 7) is 2.29. The number of hydrogen-bond acceptors (Lipinski definition) is 4. The quantitative estimate of drug-likeness (QED) is 0.727. The molecule has 16 heavy (non-hydrogen) atoms. The van der Waals surface area contributed by atoms with Gasteiger partial charge in [-0.25, -0.2) is 9.67 Å². The molecular formula is C10H17N5O. The molecule has 1 saturated heterocycles. The maximum absolute atomic E-state index is 11.7. The van der Waals surface area contributed by atoms with Crippen LogP contribution in [0.25, 0.3) is 0 Å².